The smallest absolute Gasteiger partial charge is 0.285 e. The van der Waals surface area contributed by atoms with Gasteiger partial charge in [0.05, 0.1) is 0 Å². The fraction of sp³-hybridized carbons (Fsp3) is 0.111. The Hall–Kier alpha value is -2.67. The summed E-state index contributed by atoms with van der Waals surface area (Å²) in [6.07, 6.45) is 2.13. The predicted molar refractivity (Wildman–Crippen MR) is 95.4 cm³/mol. The van der Waals surface area contributed by atoms with Crippen LogP contribution < -0.4 is 5.32 Å². The third kappa shape index (κ3) is 5.42. The van der Waals surface area contributed by atoms with Crippen molar-refractivity contribution in [2.75, 3.05) is 19.4 Å². The Kier molecular flexibility index (Phi) is 6.30. The molecule has 0 aliphatic heterocycles. The summed E-state index contributed by atoms with van der Waals surface area (Å²) >= 11 is 1.03. The van der Waals surface area contributed by atoms with Crippen LogP contribution in [-0.2, 0) is 4.79 Å². The molecule has 2 aromatic rings. The Morgan fingerprint density at radius 2 is 1.72 bits per heavy atom. The molecule has 0 saturated carbocycles. The van der Waals surface area contributed by atoms with Crippen molar-refractivity contribution >= 4 is 34.7 Å². The van der Waals surface area contributed by atoms with E-state index < -0.39 is 17.5 Å². The molecule has 0 atom stereocenters. The van der Waals surface area contributed by atoms with Crippen LogP contribution in [0.15, 0.2) is 53.4 Å². The molecule has 0 aliphatic rings. The van der Waals surface area contributed by atoms with E-state index >= 15 is 0 Å². The molecule has 0 saturated heterocycles. The minimum absolute atomic E-state index is 0.140. The van der Waals surface area contributed by atoms with Crippen molar-refractivity contribution in [2.45, 2.75) is 4.90 Å². The lowest BCUT2D eigenvalue weighted by atomic mass is 10.2. The molecule has 0 aromatic heterocycles. The van der Waals surface area contributed by atoms with Crippen LogP contribution in [0.1, 0.15) is 5.56 Å². The molecule has 2 aromatic carbocycles. The number of hydrogen-bond acceptors (Lipinski definition) is 3. The van der Waals surface area contributed by atoms with Crippen molar-refractivity contribution in [3.05, 3.63) is 65.7 Å². The predicted octanol–water partition coefficient (Wildman–Crippen LogP) is 4.39. The first kappa shape index (κ1) is 18.7. The number of anilines is 1. The average molecular weight is 362 g/mol. The molecule has 1 N–H and O–H groups in total. The second-order valence-corrected chi connectivity index (χ2v) is 6.27. The molecule has 4 nitrogen and oxygen atoms in total. The van der Waals surface area contributed by atoms with Crippen molar-refractivity contribution in [2.24, 2.45) is 0 Å². The van der Waals surface area contributed by atoms with Gasteiger partial charge in [0.1, 0.15) is 11.6 Å². The summed E-state index contributed by atoms with van der Waals surface area (Å²) in [6.45, 7) is 0. The van der Waals surface area contributed by atoms with Crippen LogP contribution in [0.4, 0.5) is 19.3 Å². The van der Waals surface area contributed by atoms with Crippen LogP contribution in [0.2, 0.25) is 0 Å². The molecular weight excluding hydrogens is 346 g/mol. The molecule has 0 heterocycles. The number of amides is 2. The van der Waals surface area contributed by atoms with Crippen LogP contribution in [0.25, 0.3) is 6.08 Å². The highest BCUT2D eigenvalue weighted by Gasteiger charge is 2.08. The molecular formula is C18H16F2N2O2S. The van der Waals surface area contributed by atoms with E-state index in [1.54, 1.807) is 38.4 Å². The zero-order chi connectivity index (χ0) is 18.4. The minimum atomic E-state index is -0.746. The van der Waals surface area contributed by atoms with Crippen LogP contribution >= 0.6 is 11.8 Å². The Morgan fingerprint density at radius 3 is 2.36 bits per heavy atom. The van der Waals surface area contributed by atoms with E-state index in [1.165, 1.54) is 11.0 Å². The summed E-state index contributed by atoms with van der Waals surface area (Å²) in [6, 6.07) is 10.2. The SMILES string of the molecule is CN(C)C(=O)Sc1cccc(NC(=O)C=Cc2c(F)cccc2F)c1. The molecule has 25 heavy (non-hydrogen) atoms. The monoisotopic (exact) mass is 362 g/mol. The third-order valence-electron chi connectivity index (χ3n) is 3.07. The molecule has 0 aliphatic carbocycles. The highest BCUT2D eigenvalue weighted by molar-refractivity contribution is 8.13. The van der Waals surface area contributed by atoms with Gasteiger partial charge in [-0.3, -0.25) is 9.59 Å². The number of rotatable bonds is 4. The van der Waals surface area contributed by atoms with E-state index in [1.807, 2.05) is 0 Å². The Balaban J connectivity index is 2.06. The lowest BCUT2D eigenvalue weighted by molar-refractivity contribution is -0.111. The normalized spacial score (nSPS) is 10.7. The molecule has 0 unspecified atom stereocenters. The van der Waals surface area contributed by atoms with Crippen molar-refractivity contribution in [3.63, 3.8) is 0 Å². The summed E-state index contributed by atoms with van der Waals surface area (Å²) in [7, 11) is 3.29. The van der Waals surface area contributed by atoms with Gasteiger partial charge in [0.25, 0.3) is 5.24 Å². The number of halogens is 2. The van der Waals surface area contributed by atoms with Crippen LogP contribution in [-0.4, -0.2) is 30.1 Å². The molecule has 0 bridgehead atoms. The van der Waals surface area contributed by atoms with Gasteiger partial charge in [-0.25, -0.2) is 8.78 Å². The van der Waals surface area contributed by atoms with Gasteiger partial charge in [-0.05, 0) is 48.2 Å². The summed E-state index contributed by atoms with van der Waals surface area (Å²) in [4.78, 5) is 25.7. The molecule has 7 heteroatoms. The summed E-state index contributed by atoms with van der Waals surface area (Å²) in [5.41, 5.74) is 0.193. The maximum Gasteiger partial charge on any atom is 0.285 e. The number of carbonyl (C=O) groups excluding carboxylic acids is 2. The van der Waals surface area contributed by atoms with Crippen molar-refractivity contribution < 1.29 is 18.4 Å². The fourth-order valence-corrected chi connectivity index (χ4v) is 2.56. The molecule has 0 spiro atoms. The topological polar surface area (TPSA) is 49.4 Å². The van der Waals surface area contributed by atoms with Gasteiger partial charge in [0.15, 0.2) is 0 Å². The molecule has 2 amide bonds. The Bertz CT molecular complexity index is 802. The van der Waals surface area contributed by atoms with Gasteiger partial charge >= 0.3 is 0 Å². The maximum atomic E-state index is 13.5. The second-order valence-electron chi connectivity index (χ2n) is 5.25. The van der Waals surface area contributed by atoms with Crippen molar-refractivity contribution in [3.8, 4) is 0 Å². The van der Waals surface area contributed by atoms with Gasteiger partial charge in [-0.1, -0.05) is 12.1 Å². The number of nitrogens with one attached hydrogen (secondary N) is 1. The van der Waals surface area contributed by atoms with E-state index in [2.05, 4.69) is 5.32 Å². The molecule has 2 rings (SSSR count). The van der Waals surface area contributed by atoms with E-state index in [0.717, 1.165) is 36.0 Å². The first-order valence-electron chi connectivity index (χ1n) is 7.29. The number of carbonyl (C=O) groups is 2. The molecule has 0 radical (unpaired) electrons. The Morgan fingerprint density at radius 1 is 1.08 bits per heavy atom. The van der Waals surface area contributed by atoms with Crippen LogP contribution in [0, 0.1) is 11.6 Å². The zero-order valence-electron chi connectivity index (χ0n) is 13.6. The zero-order valence-corrected chi connectivity index (χ0v) is 14.4. The van der Waals surface area contributed by atoms with E-state index in [4.69, 9.17) is 0 Å². The lowest BCUT2D eigenvalue weighted by Crippen LogP contribution is -2.16. The van der Waals surface area contributed by atoms with Gasteiger partial charge in [0, 0.05) is 36.3 Å². The summed E-state index contributed by atoms with van der Waals surface area (Å²) in [5.74, 6) is -2.03. The Labute approximate surface area is 148 Å². The van der Waals surface area contributed by atoms with Gasteiger partial charge < -0.3 is 10.2 Å². The number of thioether (sulfide) groups is 1. The van der Waals surface area contributed by atoms with Crippen molar-refractivity contribution in [1.82, 2.24) is 4.90 Å². The average Bonchev–Trinajstić information content (AvgIpc) is 2.54. The standard InChI is InChI=1S/C18H16F2N2O2S/c1-22(2)18(24)25-13-6-3-5-12(11-13)21-17(23)10-9-14-15(19)7-4-8-16(14)20/h3-11H,1-2H3,(H,21,23). The van der Waals surface area contributed by atoms with E-state index in [-0.39, 0.29) is 10.8 Å². The first-order valence-corrected chi connectivity index (χ1v) is 8.11. The maximum absolute atomic E-state index is 13.5. The largest absolute Gasteiger partial charge is 0.339 e. The number of benzene rings is 2. The number of hydrogen-bond donors (Lipinski definition) is 1. The van der Waals surface area contributed by atoms with Gasteiger partial charge in [-0.2, -0.15) is 0 Å². The highest BCUT2D eigenvalue weighted by atomic mass is 32.2. The first-order chi connectivity index (χ1) is 11.9. The highest BCUT2D eigenvalue weighted by Crippen LogP contribution is 2.23. The summed E-state index contributed by atoms with van der Waals surface area (Å²) in [5, 5.41) is 2.44. The van der Waals surface area contributed by atoms with Crippen LogP contribution in [0.5, 0.6) is 0 Å². The van der Waals surface area contributed by atoms with E-state index in [0.29, 0.717) is 10.6 Å². The number of nitrogens with zero attached hydrogens (tertiary/aromatic N) is 1. The molecule has 130 valence electrons. The van der Waals surface area contributed by atoms with E-state index in [9.17, 15) is 18.4 Å². The molecule has 0 fully saturated rings. The van der Waals surface area contributed by atoms with Crippen molar-refractivity contribution in [1.29, 1.82) is 0 Å². The third-order valence-corrected chi connectivity index (χ3v) is 4.10. The summed E-state index contributed by atoms with van der Waals surface area (Å²) < 4.78 is 27.0. The fourth-order valence-electron chi connectivity index (χ4n) is 1.84. The second kappa shape index (κ2) is 8.43. The van der Waals surface area contributed by atoms with Gasteiger partial charge in [0.2, 0.25) is 5.91 Å². The minimum Gasteiger partial charge on any atom is -0.339 e. The quantitative estimate of drug-likeness (QED) is 0.648. The van der Waals surface area contributed by atoms with Crippen LogP contribution in [0.3, 0.4) is 0 Å². The van der Waals surface area contributed by atoms with Gasteiger partial charge in [-0.15, -0.1) is 0 Å². The lowest BCUT2D eigenvalue weighted by Gasteiger charge is -2.10.